The van der Waals surface area contributed by atoms with Crippen LogP contribution < -0.4 is 16.8 Å². The second-order valence-corrected chi connectivity index (χ2v) is 6.11. The molecule has 1 unspecified atom stereocenters. The SMILES string of the molecule is CCCCCCCCCCCC(=O)NC(CCC(N)=O)C(N)=O. The predicted molar refractivity (Wildman–Crippen MR) is 91.4 cm³/mol. The first-order valence-corrected chi connectivity index (χ1v) is 8.84. The van der Waals surface area contributed by atoms with Crippen molar-refractivity contribution < 1.29 is 14.4 Å². The lowest BCUT2D eigenvalue weighted by molar-refractivity contribution is -0.128. The van der Waals surface area contributed by atoms with Gasteiger partial charge in [-0.15, -0.1) is 0 Å². The molecule has 0 bridgehead atoms. The van der Waals surface area contributed by atoms with Gasteiger partial charge in [-0.25, -0.2) is 0 Å². The molecule has 23 heavy (non-hydrogen) atoms. The molecule has 0 spiro atoms. The number of primary amides is 2. The topological polar surface area (TPSA) is 115 Å². The van der Waals surface area contributed by atoms with Gasteiger partial charge in [-0.05, 0) is 12.8 Å². The van der Waals surface area contributed by atoms with Gasteiger partial charge in [-0.1, -0.05) is 58.3 Å². The van der Waals surface area contributed by atoms with Gasteiger partial charge in [0, 0.05) is 12.8 Å². The molecule has 0 aromatic carbocycles. The standard InChI is InChI=1S/C17H33N3O3/c1-2-3-4-5-6-7-8-9-10-11-16(22)20-14(17(19)23)12-13-15(18)21/h14H,2-13H2,1H3,(H2,18,21)(H2,19,23)(H,20,22). The molecule has 0 fully saturated rings. The highest BCUT2D eigenvalue weighted by Crippen LogP contribution is 2.10. The lowest BCUT2D eigenvalue weighted by Gasteiger charge is -2.14. The van der Waals surface area contributed by atoms with Crippen LogP contribution in [0.4, 0.5) is 0 Å². The number of carbonyl (C=O) groups is 3. The Morgan fingerprint density at radius 1 is 0.826 bits per heavy atom. The minimum atomic E-state index is -0.812. The average molecular weight is 327 g/mol. The molecule has 134 valence electrons. The third kappa shape index (κ3) is 13.8. The highest BCUT2D eigenvalue weighted by atomic mass is 16.2. The van der Waals surface area contributed by atoms with E-state index in [9.17, 15) is 14.4 Å². The highest BCUT2D eigenvalue weighted by molar-refractivity contribution is 5.87. The van der Waals surface area contributed by atoms with Gasteiger partial charge in [0.25, 0.3) is 0 Å². The van der Waals surface area contributed by atoms with Gasteiger partial charge < -0.3 is 16.8 Å². The van der Waals surface area contributed by atoms with E-state index in [1.54, 1.807) is 0 Å². The summed E-state index contributed by atoms with van der Waals surface area (Å²) in [6.07, 6.45) is 11.2. The van der Waals surface area contributed by atoms with E-state index in [0.717, 1.165) is 19.3 Å². The first-order chi connectivity index (χ1) is 11.0. The van der Waals surface area contributed by atoms with Crippen molar-refractivity contribution in [3.63, 3.8) is 0 Å². The van der Waals surface area contributed by atoms with Crippen LogP contribution in [0.1, 0.15) is 84.0 Å². The molecule has 0 aromatic heterocycles. The summed E-state index contributed by atoms with van der Waals surface area (Å²) in [6.45, 7) is 2.21. The molecule has 5 N–H and O–H groups in total. The fraction of sp³-hybridized carbons (Fsp3) is 0.824. The molecule has 0 saturated carbocycles. The van der Waals surface area contributed by atoms with Gasteiger partial charge in [0.1, 0.15) is 6.04 Å². The Bertz CT molecular complexity index is 359. The molecule has 0 aliphatic heterocycles. The molecule has 0 aliphatic carbocycles. The van der Waals surface area contributed by atoms with Crippen molar-refractivity contribution in [2.45, 2.75) is 90.0 Å². The minimum Gasteiger partial charge on any atom is -0.370 e. The summed E-state index contributed by atoms with van der Waals surface area (Å²) in [6, 6.07) is -0.812. The van der Waals surface area contributed by atoms with E-state index in [1.807, 2.05) is 0 Å². The molecule has 0 heterocycles. The molecule has 0 radical (unpaired) electrons. The summed E-state index contributed by atoms with van der Waals surface area (Å²) in [4.78, 5) is 33.7. The first-order valence-electron chi connectivity index (χ1n) is 8.84. The maximum Gasteiger partial charge on any atom is 0.240 e. The Morgan fingerprint density at radius 2 is 1.35 bits per heavy atom. The van der Waals surface area contributed by atoms with Crippen molar-refractivity contribution in [3.05, 3.63) is 0 Å². The quantitative estimate of drug-likeness (QED) is 0.400. The normalized spacial score (nSPS) is 11.9. The molecular formula is C17H33N3O3. The maximum absolute atomic E-state index is 11.8. The number of rotatable bonds is 15. The molecule has 3 amide bonds. The number of hydrogen-bond donors (Lipinski definition) is 3. The van der Waals surface area contributed by atoms with Crippen LogP contribution in [0.2, 0.25) is 0 Å². The van der Waals surface area contributed by atoms with E-state index in [2.05, 4.69) is 12.2 Å². The number of nitrogens with two attached hydrogens (primary N) is 2. The van der Waals surface area contributed by atoms with Crippen LogP contribution in [0.3, 0.4) is 0 Å². The van der Waals surface area contributed by atoms with Crippen LogP contribution in [-0.4, -0.2) is 23.8 Å². The molecule has 6 nitrogen and oxygen atoms in total. The number of amides is 3. The van der Waals surface area contributed by atoms with E-state index in [-0.39, 0.29) is 18.7 Å². The lowest BCUT2D eigenvalue weighted by atomic mass is 10.1. The van der Waals surface area contributed by atoms with Gasteiger partial charge in [0.15, 0.2) is 0 Å². The Kier molecular flexibility index (Phi) is 13.1. The third-order valence-electron chi connectivity index (χ3n) is 3.87. The van der Waals surface area contributed by atoms with Crippen LogP contribution in [0.15, 0.2) is 0 Å². The number of nitrogens with one attached hydrogen (secondary N) is 1. The zero-order valence-corrected chi connectivity index (χ0v) is 14.4. The molecule has 0 aromatic rings. The zero-order chi connectivity index (χ0) is 17.5. The first kappa shape index (κ1) is 21.4. The fourth-order valence-electron chi connectivity index (χ4n) is 2.43. The lowest BCUT2D eigenvalue weighted by Crippen LogP contribution is -2.44. The number of hydrogen-bond acceptors (Lipinski definition) is 3. The summed E-state index contributed by atoms with van der Waals surface area (Å²) in [5.74, 6) is -1.34. The summed E-state index contributed by atoms with van der Waals surface area (Å²) in [7, 11) is 0. The molecule has 0 aliphatic rings. The second kappa shape index (κ2) is 14.0. The van der Waals surface area contributed by atoms with Crippen LogP contribution in [0, 0.1) is 0 Å². The fourth-order valence-corrected chi connectivity index (χ4v) is 2.43. The van der Waals surface area contributed by atoms with Crippen LogP contribution in [0.5, 0.6) is 0 Å². The third-order valence-corrected chi connectivity index (χ3v) is 3.87. The van der Waals surface area contributed by atoms with Gasteiger partial charge in [-0.2, -0.15) is 0 Å². The zero-order valence-electron chi connectivity index (χ0n) is 14.4. The molecule has 6 heteroatoms. The van der Waals surface area contributed by atoms with Gasteiger partial charge in [0.05, 0.1) is 0 Å². The predicted octanol–water partition coefficient (Wildman–Crippen LogP) is 2.14. The number of unbranched alkanes of at least 4 members (excludes halogenated alkanes) is 8. The van der Waals surface area contributed by atoms with E-state index in [1.165, 1.54) is 38.5 Å². The Labute approximate surface area is 139 Å². The monoisotopic (exact) mass is 327 g/mol. The van der Waals surface area contributed by atoms with Crippen molar-refractivity contribution in [1.29, 1.82) is 0 Å². The summed E-state index contributed by atoms with van der Waals surface area (Å²) >= 11 is 0. The van der Waals surface area contributed by atoms with Crippen molar-refractivity contribution in [2.75, 3.05) is 0 Å². The summed E-state index contributed by atoms with van der Waals surface area (Å²) in [5, 5.41) is 2.58. The van der Waals surface area contributed by atoms with E-state index >= 15 is 0 Å². The van der Waals surface area contributed by atoms with Crippen molar-refractivity contribution in [2.24, 2.45) is 11.5 Å². The average Bonchev–Trinajstić information content (AvgIpc) is 2.49. The molecule has 1 atom stereocenters. The second-order valence-electron chi connectivity index (χ2n) is 6.11. The van der Waals surface area contributed by atoms with E-state index in [4.69, 9.17) is 11.5 Å². The van der Waals surface area contributed by atoms with Gasteiger partial charge >= 0.3 is 0 Å². The van der Waals surface area contributed by atoms with Crippen molar-refractivity contribution in [1.82, 2.24) is 5.32 Å². The van der Waals surface area contributed by atoms with Crippen molar-refractivity contribution >= 4 is 17.7 Å². The highest BCUT2D eigenvalue weighted by Gasteiger charge is 2.18. The van der Waals surface area contributed by atoms with Crippen LogP contribution in [-0.2, 0) is 14.4 Å². The van der Waals surface area contributed by atoms with Gasteiger partial charge in [0.2, 0.25) is 17.7 Å². The summed E-state index contributed by atoms with van der Waals surface area (Å²) < 4.78 is 0. The largest absolute Gasteiger partial charge is 0.370 e. The van der Waals surface area contributed by atoms with Gasteiger partial charge in [-0.3, -0.25) is 14.4 Å². The smallest absolute Gasteiger partial charge is 0.240 e. The van der Waals surface area contributed by atoms with Crippen LogP contribution in [0.25, 0.3) is 0 Å². The van der Waals surface area contributed by atoms with Crippen LogP contribution >= 0.6 is 0 Å². The Morgan fingerprint density at radius 3 is 1.83 bits per heavy atom. The van der Waals surface area contributed by atoms with Crippen molar-refractivity contribution in [3.8, 4) is 0 Å². The Balaban J connectivity index is 3.67. The minimum absolute atomic E-state index is 0.0336. The molecule has 0 rings (SSSR count). The molecular weight excluding hydrogens is 294 g/mol. The van der Waals surface area contributed by atoms with E-state index < -0.39 is 17.9 Å². The van der Waals surface area contributed by atoms with E-state index in [0.29, 0.717) is 6.42 Å². The molecule has 0 saturated heterocycles. The summed E-state index contributed by atoms with van der Waals surface area (Å²) in [5.41, 5.74) is 10.2. The Hall–Kier alpha value is -1.59. The maximum atomic E-state index is 11.8. The number of carbonyl (C=O) groups excluding carboxylic acids is 3.